The SMILES string of the molecule is [2H]C([2H])([2H])c1ccc(-c2ccc(-c3cc(-c4cccc5c4oc4cc6c(ccc7ccccc76)cc45)ncc3C([2H])([2H])[2H])c(C([2H])([2H])[2H])c2)c(C([2H])([2H])[2H])c1. The van der Waals surface area contributed by atoms with E-state index in [-0.39, 0.29) is 44.5 Å². The molecule has 0 spiro atoms. The van der Waals surface area contributed by atoms with Crippen molar-refractivity contribution >= 4 is 43.5 Å². The van der Waals surface area contributed by atoms with E-state index in [1.54, 1.807) is 6.07 Å². The van der Waals surface area contributed by atoms with Crippen LogP contribution in [-0.2, 0) is 0 Å². The molecule has 0 fully saturated rings. The summed E-state index contributed by atoms with van der Waals surface area (Å²) in [7, 11) is 0. The van der Waals surface area contributed by atoms with Crippen molar-refractivity contribution in [2.75, 3.05) is 0 Å². The molecule has 8 rings (SSSR count). The number of benzene rings is 6. The van der Waals surface area contributed by atoms with Crippen LogP contribution in [0.25, 0.3) is 77.0 Å². The van der Waals surface area contributed by atoms with Crippen molar-refractivity contribution in [2.24, 2.45) is 0 Å². The molecule has 8 aromatic rings. The maximum Gasteiger partial charge on any atom is 0.144 e. The van der Waals surface area contributed by atoms with Crippen LogP contribution in [0.4, 0.5) is 0 Å². The summed E-state index contributed by atoms with van der Waals surface area (Å²) in [5, 5.41) is 5.99. The Morgan fingerprint density at radius 2 is 1.37 bits per heavy atom. The lowest BCUT2D eigenvalue weighted by molar-refractivity contribution is 0.670. The van der Waals surface area contributed by atoms with Crippen LogP contribution in [0.3, 0.4) is 0 Å². The number of pyridine rings is 1. The zero-order valence-electron chi connectivity index (χ0n) is 34.8. The standard InChI is InChI=1S/C41H31NO/c1-24-12-16-31(25(2)18-24)29-15-17-32(26(3)19-29)36-21-39(42-23-27(36)4)35-11-7-10-34-38-20-30-14-13-28-8-5-6-9-33(28)37(30)22-40(38)43-41(34)35/h5-23H,1-4H3/i1D3,2D3,3D3,4D3. The van der Waals surface area contributed by atoms with Gasteiger partial charge in [0.15, 0.2) is 0 Å². The number of aromatic nitrogens is 1. The van der Waals surface area contributed by atoms with Gasteiger partial charge in [0.05, 0.1) is 5.69 Å². The molecule has 43 heavy (non-hydrogen) atoms. The molecule has 0 aliphatic carbocycles. The fourth-order valence-corrected chi connectivity index (χ4v) is 6.07. The molecule has 6 aromatic carbocycles. The number of fused-ring (bicyclic) bond motifs is 6. The van der Waals surface area contributed by atoms with Gasteiger partial charge in [-0.1, -0.05) is 90.5 Å². The monoisotopic (exact) mass is 565 g/mol. The van der Waals surface area contributed by atoms with Crippen LogP contribution >= 0.6 is 0 Å². The van der Waals surface area contributed by atoms with E-state index in [0.29, 0.717) is 22.4 Å². The lowest BCUT2D eigenvalue weighted by Crippen LogP contribution is -1.93. The molecule has 0 saturated heterocycles. The van der Waals surface area contributed by atoms with Gasteiger partial charge < -0.3 is 4.42 Å². The number of hydrogen-bond acceptors (Lipinski definition) is 2. The van der Waals surface area contributed by atoms with E-state index in [1.807, 2.05) is 36.4 Å². The molecule has 0 amide bonds. The van der Waals surface area contributed by atoms with Crippen molar-refractivity contribution < 1.29 is 20.9 Å². The quantitative estimate of drug-likeness (QED) is 0.199. The highest BCUT2D eigenvalue weighted by molar-refractivity contribution is 6.17. The Balaban J connectivity index is 1.32. The Morgan fingerprint density at radius 3 is 2.28 bits per heavy atom. The molecule has 0 atom stereocenters. The molecule has 2 heterocycles. The fraction of sp³-hybridized carbons (Fsp3) is 0.0976. The fourth-order valence-electron chi connectivity index (χ4n) is 6.07. The van der Waals surface area contributed by atoms with Crippen molar-refractivity contribution in [3.8, 4) is 33.5 Å². The molecule has 206 valence electrons. The van der Waals surface area contributed by atoms with Crippen LogP contribution in [-0.4, -0.2) is 4.98 Å². The minimum absolute atomic E-state index is 0.1000. The maximum absolute atomic E-state index is 8.52. The van der Waals surface area contributed by atoms with Crippen LogP contribution in [0.2, 0.25) is 0 Å². The highest BCUT2D eigenvalue weighted by Gasteiger charge is 2.17. The molecule has 0 saturated carbocycles. The predicted octanol–water partition coefficient (Wildman–Crippen LogP) is 11.5. The smallest absolute Gasteiger partial charge is 0.144 e. The third-order valence-corrected chi connectivity index (χ3v) is 8.18. The number of aryl methyl sites for hydroxylation is 4. The Bertz CT molecular complexity index is 2820. The number of nitrogens with zero attached hydrogens (tertiary/aromatic N) is 1. The Morgan fingerprint density at radius 1 is 0.535 bits per heavy atom. The Kier molecular flexibility index (Phi) is 3.57. The zero-order chi connectivity index (χ0) is 39.2. The molecule has 0 bridgehead atoms. The summed E-state index contributed by atoms with van der Waals surface area (Å²) in [6.45, 7) is -10.7. The van der Waals surface area contributed by atoms with Crippen molar-refractivity contribution in [1.29, 1.82) is 0 Å². The highest BCUT2D eigenvalue weighted by atomic mass is 16.3. The van der Waals surface area contributed by atoms with Gasteiger partial charge in [-0.2, -0.15) is 0 Å². The average molecular weight is 566 g/mol. The summed E-state index contributed by atoms with van der Waals surface area (Å²) >= 11 is 0. The number of para-hydroxylation sites is 1. The van der Waals surface area contributed by atoms with E-state index in [1.165, 1.54) is 36.5 Å². The Labute approximate surface area is 268 Å². The summed E-state index contributed by atoms with van der Waals surface area (Å²) in [6, 6.07) is 31.6. The van der Waals surface area contributed by atoms with Gasteiger partial charge in [-0.25, -0.2) is 0 Å². The Hall–Kier alpha value is -5.21. The predicted molar refractivity (Wildman–Crippen MR) is 182 cm³/mol. The molecular formula is C41H31NO. The summed E-state index contributed by atoms with van der Waals surface area (Å²) in [4.78, 5) is 4.57. The topological polar surface area (TPSA) is 26.0 Å². The molecule has 0 radical (unpaired) electrons. The first-order chi connectivity index (χ1) is 25.8. The maximum atomic E-state index is 8.52. The molecule has 0 aliphatic rings. The van der Waals surface area contributed by atoms with E-state index in [0.717, 1.165) is 38.4 Å². The van der Waals surface area contributed by atoms with E-state index < -0.39 is 27.4 Å². The number of rotatable bonds is 3. The van der Waals surface area contributed by atoms with Gasteiger partial charge in [-0.3, -0.25) is 4.98 Å². The van der Waals surface area contributed by atoms with Gasteiger partial charge in [0, 0.05) is 39.0 Å². The molecule has 0 N–H and O–H groups in total. The second kappa shape index (κ2) is 9.68. The number of furan rings is 1. The largest absolute Gasteiger partial charge is 0.455 e. The van der Waals surface area contributed by atoms with Gasteiger partial charge in [0.25, 0.3) is 0 Å². The molecule has 0 unspecified atom stereocenters. The average Bonchev–Trinajstić information content (AvgIpc) is 3.49. The number of hydrogen-bond donors (Lipinski definition) is 0. The van der Waals surface area contributed by atoms with E-state index in [2.05, 4.69) is 35.3 Å². The van der Waals surface area contributed by atoms with Crippen molar-refractivity contribution in [1.82, 2.24) is 4.98 Å². The van der Waals surface area contributed by atoms with Crippen molar-refractivity contribution in [2.45, 2.75) is 27.4 Å². The van der Waals surface area contributed by atoms with Crippen molar-refractivity contribution in [3.05, 3.63) is 138 Å². The van der Waals surface area contributed by atoms with Gasteiger partial charge in [0.2, 0.25) is 0 Å². The van der Waals surface area contributed by atoms with Crippen molar-refractivity contribution in [3.63, 3.8) is 0 Å². The third kappa shape index (κ3) is 4.13. The second-order valence-electron chi connectivity index (χ2n) is 10.8. The van der Waals surface area contributed by atoms with Gasteiger partial charge in [-0.15, -0.1) is 0 Å². The van der Waals surface area contributed by atoms with Gasteiger partial charge in [-0.05, 0) is 112 Å². The zero-order valence-corrected chi connectivity index (χ0v) is 22.8. The molecule has 2 nitrogen and oxygen atoms in total. The van der Waals surface area contributed by atoms with E-state index in [9.17, 15) is 0 Å². The summed E-state index contributed by atoms with van der Waals surface area (Å²) < 4.78 is 105. The normalized spacial score (nSPS) is 17.0. The minimum atomic E-state index is -2.77. The lowest BCUT2D eigenvalue weighted by atomic mass is 9.91. The first-order valence-corrected chi connectivity index (χ1v) is 13.9. The van der Waals surface area contributed by atoms with Crippen LogP contribution in [0, 0.1) is 27.4 Å². The minimum Gasteiger partial charge on any atom is -0.455 e. The van der Waals surface area contributed by atoms with Crippen LogP contribution < -0.4 is 0 Å². The second-order valence-corrected chi connectivity index (χ2v) is 10.8. The van der Waals surface area contributed by atoms with Gasteiger partial charge >= 0.3 is 0 Å². The van der Waals surface area contributed by atoms with E-state index >= 15 is 0 Å². The first-order valence-electron chi connectivity index (χ1n) is 19.9. The summed E-state index contributed by atoms with van der Waals surface area (Å²) in [5.41, 5.74) is 1.88. The van der Waals surface area contributed by atoms with Crippen LogP contribution in [0.1, 0.15) is 38.7 Å². The molecular weight excluding hydrogens is 522 g/mol. The molecule has 2 aromatic heterocycles. The highest BCUT2D eigenvalue weighted by Crippen LogP contribution is 2.40. The molecule has 0 aliphatic heterocycles. The van der Waals surface area contributed by atoms with Crippen LogP contribution in [0.5, 0.6) is 0 Å². The third-order valence-electron chi connectivity index (χ3n) is 8.18. The first kappa shape index (κ1) is 15.9. The summed E-state index contributed by atoms with van der Waals surface area (Å²) in [6.07, 6.45) is 1.23. The molecule has 2 heteroatoms. The lowest BCUT2D eigenvalue weighted by Gasteiger charge is -2.14. The van der Waals surface area contributed by atoms with Gasteiger partial charge in [0.1, 0.15) is 11.2 Å². The van der Waals surface area contributed by atoms with Crippen LogP contribution in [0.15, 0.2) is 120 Å². The van der Waals surface area contributed by atoms with E-state index in [4.69, 9.17) is 20.9 Å². The summed E-state index contributed by atoms with van der Waals surface area (Å²) in [5.74, 6) is 0.